The number of amides is 1. The van der Waals surface area contributed by atoms with Gasteiger partial charge in [-0.1, -0.05) is 30.3 Å². The van der Waals surface area contributed by atoms with Crippen LogP contribution in [-0.4, -0.2) is 40.1 Å². The second-order valence-electron chi connectivity index (χ2n) is 6.85. The largest absolute Gasteiger partial charge is 0.396 e. The van der Waals surface area contributed by atoms with E-state index in [-0.39, 0.29) is 35.6 Å². The highest BCUT2D eigenvalue weighted by molar-refractivity contribution is 5.95. The first-order valence-electron chi connectivity index (χ1n) is 8.72. The lowest BCUT2D eigenvalue weighted by Crippen LogP contribution is -2.47. The van der Waals surface area contributed by atoms with Gasteiger partial charge in [-0.25, -0.2) is 0 Å². The minimum absolute atomic E-state index is 0.0655. The zero-order valence-corrected chi connectivity index (χ0v) is 14.7. The highest BCUT2D eigenvalue weighted by Gasteiger charge is 2.30. The van der Waals surface area contributed by atoms with Crippen LogP contribution in [0.15, 0.2) is 41.2 Å². The fourth-order valence-corrected chi connectivity index (χ4v) is 3.47. The molecule has 0 aliphatic carbocycles. The number of piperidine rings is 1. The molecular weight excluding hydrogens is 316 g/mol. The van der Waals surface area contributed by atoms with Crippen molar-refractivity contribution >= 4 is 5.91 Å². The maximum atomic E-state index is 13.0. The molecule has 5 heteroatoms. The summed E-state index contributed by atoms with van der Waals surface area (Å²) >= 11 is 0. The molecule has 0 saturated carbocycles. The molecule has 0 bridgehead atoms. The number of aromatic amines is 1. The monoisotopic (exact) mass is 340 g/mol. The number of aliphatic hydroxyl groups excluding tert-OH is 1. The van der Waals surface area contributed by atoms with Crippen molar-refractivity contribution in [2.45, 2.75) is 32.7 Å². The molecule has 0 spiro atoms. The van der Waals surface area contributed by atoms with Crippen molar-refractivity contribution in [1.82, 2.24) is 9.88 Å². The van der Waals surface area contributed by atoms with Crippen molar-refractivity contribution < 1.29 is 9.90 Å². The van der Waals surface area contributed by atoms with Crippen LogP contribution in [0.1, 0.15) is 35.8 Å². The maximum Gasteiger partial charge on any atom is 0.261 e. The summed E-state index contributed by atoms with van der Waals surface area (Å²) in [7, 11) is 0. The fourth-order valence-electron chi connectivity index (χ4n) is 3.47. The van der Waals surface area contributed by atoms with Gasteiger partial charge in [0, 0.05) is 30.5 Å². The minimum Gasteiger partial charge on any atom is -0.396 e. The Morgan fingerprint density at radius 1 is 1.28 bits per heavy atom. The first kappa shape index (κ1) is 17.4. The lowest BCUT2D eigenvalue weighted by Gasteiger charge is -2.37. The summed E-state index contributed by atoms with van der Waals surface area (Å²) in [6, 6.07) is 11.5. The van der Waals surface area contributed by atoms with Crippen LogP contribution in [0.4, 0.5) is 0 Å². The topological polar surface area (TPSA) is 73.4 Å². The summed E-state index contributed by atoms with van der Waals surface area (Å²) in [6.07, 6.45) is 1.74. The molecule has 2 N–H and O–H groups in total. The molecule has 2 heterocycles. The van der Waals surface area contributed by atoms with Crippen LogP contribution in [0.5, 0.6) is 0 Å². The van der Waals surface area contributed by atoms with Gasteiger partial charge in [0.25, 0.3) is 11.5 Å². The van der Waals surface area contributed by atoms with Crippen molar-refractivity contribution in [3.05, 3.63) is 58.0 Å². The highest BCUT2D eigenvalue weighted by Crippen LogP contribution is 2.25. The van der Waals surface area contributed by atoms with Gasteiger partial charge in [0.05, 0.1) is 0 Å². The Kier molecular flexibility index (Phi) is 5.04. The summed E-state index contributed by atoms with van der Waals surface area (Å²) < 4.78 is 0. The van der Waals surface area contributed by atoms with Gasteiger partial charge in [0.2, 0.25) is 0 Å². The highest BCUT2D eigenvalue weighted by atomic mass is 16.3. The summed E-state index contributed by atoms with van der Waals surface area (Å²) in [6.45, 7) is 4.38. The number of pyridine rings is 1. The Morgan fingerprint density at radius 2 is 2.00 bits per heavy atom. The number of benzene rings is 1. The van der Waals surface area contributed by atoms with Crippen LogP contribution in [0.2, 0.25) is 0 Å². The van der Waals surface area contributed by atoms with Gasteiger partial charge in [-0.15, -0.1) is 0 Å². The molecule has 0 radical (unpaired) electrons. The number of hydrogen-bond acceptors (Lipinski definition) is 3. The van der Waals surface area contributed by atoms with Gasteiger partial charge in [-0.2, -0.15) is 0 Å². The average molecular weight is 340 g/mol. The van der Waals surface area contributed by atoms with E-state index in [9.17, 15) is 14.7 Å². The number of carbonyl (C=O) groups is 1. The van der Waals surface area contributed by atoms with Crippen LogP contribution in [0.25, 0.3) is 11.1 Å². The van der Waals surface area contributed by atoms with Gasteiger partial charge < -0.3 is 15.0 Å². The van der Waals surface area contributed by atoms with E-state index in [0.717, 1.165) is 29.7 Å². The van der Waals surface area contributed by atoms with Crippen molar-refractivity contribution in [1.29, 1.82) is 0 Å². The Labute approximate surface area is 147 Å². The van der Waals surface area contributed by atoms with Crippen LogP contribution >= 0.6 is 0 Å². The number of aromatic nitrogens is 1. The number of hydrogen-bond donors (Lipinski definition) is 2. The lowest BCUT2D eigenvalue weighted by atomic mass is 9.93. The van der Waals surface area contributed by atoms with Crippen molar-refractivity contribution in [3.8, 4) is 11.1 Å². The number of nitrogens with one attached hydrogen (secondary N) is 1. The molecule has 1 aliphatic rings. The van der Waals surface area contributed by atoms with Crippen LogP contribution in [-0.2, 0) is 0 Å². The molecule has 1 amide bonds. The first-order chi connectivity index (χ1) is 12.0. The van der Waals surface area contributed by atoms with Crippen molar-refractivity contribution in [2.75, 3.05) is 13.2 Å². The van der Waals surface area contributed by atoms with E-state index in [1.165, 1.54) is 0 Å². The third-order valence-corrected chi connectivity index (χ3v) is 5.05. The van der Waals surface area contributed by atoms with Gasteiger partial charge in [-0.3, -0.25) is 9.59 Å². The number of nitrogens with zero attached hydrogens (tertiary/aromatic N) is 1. The Balaban J connectivity index is 1.99. The minimum atomic E-state index is -0.361. The zero-order valence-electron chi connectivity index (χ0n) is 14.7. The SMILES string of the molecule is Cc1[nH]c(=O)c(C(=O)N2CC(CO)CCC2C)cc1-c1ccccc1. The Hall–Kier alpha value is -2.40. The van der Waals surface area contributed by atoms with Crippen LogP contribution in [0.3, 0.4) is 0 Å². The Bertz CT molecular complexity index is 813. The van der Waals surface area contributed by atoms with E-state index in [1.54, 1.807) is 11.0 Å². The molecule has 2 atom stereocenters. The second kappa shape index (κ2) is 7.23. The smallest absolute Gasteiger partial charge is 0.261 e. The predicted octanol–water partition coefficient (Wildman–Crippen LogP) is 2.58. The molecule has 3 rings (SSSR count). The zero-order chi connectivity index (χ0) is 18.0. The van der Waals surface area contributed by atoms with Gasteiger partial charge in [-0.05, 0) is 44.2 Å². The van der Waals surface area contributed by atoms with E-state index < -0.39 is 0 Å². The molecule has 2 unspecified atom stereocenters. The van der Waals surface area contributed by atoms with Gasteiger partial charge >= 0.3 is 0 Å². The van der Waals surface area contributed by atoms with E-state index in [4.69, 9.17) is 0 Å². The quantitative estimate of drug-likeness (QED) is 0.902. The average Bonchev–Trinajstić information content (AvgIpc) is 2.62. The summed E-state index contributed by atoms with van der Waals surface area (Å²) in [5, 5.41) is 9.43. The molecule has 2 aromatic rings. The van der Waals surface area contributed by atoms with E-state index in [2.05, 4.69) is 4.98 Å². The predicted molar refractivity (Wildman–Crippen MR) is 97.5 cm³/mol. The summed E-state index contributed by atoms with van der Waals surface area (Å²) in [5.41, 5.74) is 2.36. The molecule has 25 heavy (non-hydrogen) atoms. The van der Waals surface area contributed by atoms with Crippen LogP contribution in [0, 0.1) is 12.8 Å². The van der Waals surface area contributed by atoms with E-state index in [0.29, 0.717) is 6.54 Å². The number of H-pyrrole nitrogens is 1. The van der Waals surface area contributed by atoms with Gasteiger partial charge in [0.15, 0.2) is 0 Å². The molecule has 1 saturated heterocycles. The van der Waals surface area contributed by atoms with Crippen molar-refractivity contribution in [2.24, 2.45) is 5.92 Å². The molecule has 1 aliphatic heterocycles. The number of aryl methyl sites for hydroxylation is 1. The normalized spacial score (nSPS) is 20.5. The van der Waals surface area contributed by atoms with E-state index in [1.807, 2.05) is 44.2 Å². The van der Waals surface area contributed by atoms with E-state index >= 15 is 0 Å². The molecule has 1 fully saturated rings. The molecule has 1 aromatic carbocycles. The molecular formula is C20H24N2O3. The number of likely N-dealkylation sites (tertiary alicyclic amines) is 1. The third-order valence-electron chi connectivity index (χ3n) is 5.05. The summed E-state index contributed by atoms with van der Waals surface area (Å²) in [4.78, 5) is 30.0. The number of carbonyl (C=O) groups excluding carboxylic acids is 1. The molecule has 5 nitrogen and oxygen atoms in total. The number of aliphatic hydroxyl groups is 1. The van der Waals surface area contributed by atoms with Crippen LogP contribution < -0.4 is 5.56 Å². The molecule has 1 aromatic heterocycles. The number of rotatable bonds is 3. The Morgan fingerprint density at radius 3 is 2.68 bits per heavy atom. The third kappa shape index (κ3) is 3.51. The first-order valence-corrected chi connectivity index (χ1v) is 8.72. The lowest BCUT2D eigenvalue weighted by molar-refractivity contribution is 0.0487. The second-order valence-corrected chi connectivity index (χ2v) is 6.85. The standard InChI is InChI=1S/C20H24N2O3/c1-13-8-9-15(12-23)11-22(13)20(25)18-10-17(14(2)21-19(18)24)16-6-4-3-5-7-16/h3-7,10,13,15,23H,8-9,11-12H2,1-2H3,(H,21,24). The van der Waals surface area contributed by atoms with Gasteiger partial charge in [0.1, 0.15) is 5.56 Å². The maximum absolute atomic E-state index is 13.0. The molecule has 132 valence electrons. The summed E-state index contributed by atoms with van der Waals surface area (Å²) in [5.74, 6) is -0.178. The van der Waals surface area contributed by atoms with Crippen molar-refractivity contribution in [3.63, 3.8) is 0 Å². The fraction of sp³-hybridized carbons (Fsp3) is 0.400.